The molecule has 0 aliphatic carbocycles. The predicted octanol–water partition coefficient (Wildman–Crippen LogP) is 3.13. The molecule has 2 nitrogen and oxygen atoms in total. The maximum absolute atomic E-state index is 8.63. The van der Waals surface area contributed by atoms with Crippen LogP contribution in [-0.2, 0) is 0 Å². The van der Waals surface area contributed by atoms with E-state index < -0.39 is 0 Å². The molecular weight excluding hydrogens is 174 g/mol. The van der Waals surface area contributed by atoms with Gasteiger partial charge in [0.25, 0.3) is 0 Å². The summed E-state index contributed by atoms with van der Waals surface area (Å²) in [5, 5.41) is 8.63. The number of rotatable bonds is 1. The highest BCUT2D eigenvalue weighted by Gasteiger charge is 2.00. The molecule has 0 bridgehead atoms. The quantitative estimate of drug-likeness (QED) is 0.681. The standard InChI is InChI=1S/C12H9NO/c1-9-6-12(8-14-9)11-4-2-10(7-13)3-5-11/h2-6,8H,1H3. The zero-order valence-corrected chi connectivity index (χ0v) is 7.82. The Morgan fingerprint density at radius 2 is 1.86 bits per heavy atom. The molecule has 0 saturated heterocycles. The molecular formula is C12H9NO. The molecule has 1 aromatic carbocycles. The highest BCUT2D eigenvalue weighted by Crippen LogP contribution is 2.21. The Hall–Kier alpha value is -2.01. The lowest BCUT2D eigenvalue weighted by Gasteiger charge is -1.95. The summed E-state index contributed by atoms with van der Waals surface area (Å²) in [5.74, 6) is 0.893. The monoisotopic (exact) mass is 183 g/mol. The molecule has 0 N–H and O–H groups in total. The predicted molar refractivity (Wildman–Crippen MR) is 53.6 cm³/mol. The van der Waals surface area contributed by atoms with E-state index in [0.29, 0.717) is 5.56 Å². The summed E-state index contributed by atoms with van der Waals surface area (Å²) < 4.78 is 5.21. The van der Waals surface area contributed by atoms with E-state index in [1.165, 1.54) is 0 Å². The van der Waals surface area contributed by atoms with E-state index in [4.69, 9.17) is 9.68 Å². The molecule has 14 heavy (non-hydrogen) atoms. The van der Waals surface area contributed by atoms with Gasteiger partial charge in [0.15, 0.2) is 0 Å². The fraction of sp³-hybridized carbons (Fsp3) is 0.0833. The van der Waals surface area contributed by atoms with Crippen molar-refractivity contribution in [3.8, 4) is 17.2 Å². The molecule has 1 heterocycles. The Kier molecular flexibility index (Phi) is 2.08. The molecule has 0 atom stereocenters. The number of hydrogen-bond donors (Lipinski definition) is 0. The fourth-order valence-electron chi connectivity index (χ4n) is 1.33. The van der Waals surface area contributed by atoms with E-state index in [1.807, 2.05) is 25.1 Å². The van der Waals surface area contributed by atoms with E-state index in [9.17, 15) is 0 Å². The third-order valence-corrected chi connectivity index (χ3v) is 2.08. The van der Waals surface area contributed by atoms with Gasteiger partial charge in [0.05, 0.1) is 17.9 Å². The second-order valence-corrected chi connectivity index (χ2v) is 3.14. The summed E-state index contributed by atoms with van der Waals surface area (Å²) in [5.41, 5.74) is 2.79. The van der Waals surface area contributed by atoms with Crippen LogP contribution in [0.2, 0.25) is 0 Å². The zero-order chi connectivity index (χ0) is 9.97. The summed E-state index contributed by atoms with van der Waals surface area (Å²) in [7, 11) is 0. The van der Waals surface area contributed by atoms with Gasteiger partial charge in [-0.3, -0.25) is 0 Å². The first-order valence-electron chi connectivity index (χ1n) is 4.35. The second-order valence-electron chi connectivity index (χ2n) is 3.14. The van der Waals surface area contributed by atoms with Crippen molar-refractivity contribution in [3.05, 3.63) is 47.9 Å². The minimum atomic E-state index is 0.675. The molecule has 2 heteroatoms. The van der Waals surface area contributed by atoms with Crippen LogP contribution in [0.3, 0.4) is 0 Å². The van der Waals surface area contributed by atoms with Crippen LogP contribution in [0.4, 0.5) is 0 Å². The van der Waals surface area contributed by atoms with Crippen LogP contribution in [0, 0.1) is 18.3 Å². The number of nitrogens with zero attached hydrogens (tertiary/aromatic N) is 1. The molecule has 0 aliphatic heterocycles. The summed E-state index contributed by atoms with van der Waals surface area (Å²) >= 11 is 0. The normalized spacial score (nSPS) is 9.71. The highest BCUT2D eigenvalue weighted by molar-refractivity contribution is 5.63. The summed E-state index contributed by atoms with van der Waals surface area (Å²) in [6, 6.07) is 11.5. The Bertz CT molecular complexity index is 474. The molecule has 0 radical (unpaired) electrons. The van der Waals surface area contributed by atoms with Crippen molar-refractivity contribution in [1.29, 1.82) is 5.26 Å². The third kappa shape index (κ3) is 1.53. The maximum Gasteiger partial charge on any atom is 0.101 e. The second kappa shape index (κ2) is 3.39. The van der Waals surface area contributed by atoms with Gasteiger partial charge in [-0.2, -0.15) is 5.26 Å². The van der Waals surface area contributed by atoms with Crippen LogP contribution in [0.25, 0.3) is 11.1 Å². The van der Waals surface area contributed by atoms with Crippen molar-refractivity contribution in [2.45, 2.75) is 6.92 Å². The van der Waals surface area contributed by atoms with Crippen molar-refractivity contribution in [1.82, 2.24) is 0 Å². The Morgan fingerprint density at radius 3 is 2.36 bits per heavy atom. The van der Waals surface area contributed by atoms with Gasteiger partial charge in [-0.05, 0) is 30.7 Å². The van der Waals surface area contributed by atoms with Crippen molar-refractivity contribution in [3.63, 3.8) is 0 Å². The van der Waals surface area contributed by atoms with Crippen LogP contribution in [0.15, 0.2) is 41.0 Å². The van der Waals surface area contributed by atoms with Crippen LogP contribution >= 0.6 is 0 Å². The third-order valence-electron chi connectivity index (χ3n) is 2.08. The number of furan rings is 1. The lowest BCUT2D eigenvalue weighted by molar-refractivity contribution is 0.535. The van der Waals surface area contributed by atoms with E-state index in [1.54, 1.807) is 18.4 Å². The number of hydrogen-bond acceptors (Lipinski definition) is 2. The van der Waals surface area contributed by atoms with Gasteiger partial charge in [-0.1, -0.05) is 12.1 Å². The highest BCUT2D eigenvalue weighted by atomic mass is 16.3. The van der Waals surface area contributed by atoms with Gasteiger partial charge in [0.1, 0.15) is 5.76 Å². The molecule has 0 fully saturated rings. The molecule has 1 aromatic heterocycles. The first-order chi connectivity index (χ1) is 6.79. The first kappa shape index (κ1) is 8.58. The fourth-order valence-corrected chi connectivity index (χ4v) is 1.33. The largest absolute Gasteiger partial charge is 0.469 e. The summed E-state index contributed by atoms with van der Waals surface area (Å²) in [4.78, 5) is 0. The van der Waals surface area contributed by atoms with E-state index in [-0.39, 0.29) is 0 Å². The maximum atomic E-state index is 8.63. The van der Waals surface area contributed by atoms with Crippen LogP contribution < -0.4 is 0 Å². The molecule has 0 aliphatic rings. The van der Waals surface area contributed by atoms with Crippen molar-refractivity contribution in [2.75, 3.05) is 0 Å². The average molecular weight is 183 g/mol. The molecule has 2 rings (SSSR count). The van der Waals surface area contributed by atoms with E-state index in [0.717, 1.165) is 16.9 Å². The van der Waals surface area contributed by atoms with Gasteiger partial charge in [0.2, 0.25) is 0 Å². The molecule has 0 saturated carbocycles. The lowest BCUT2D eigenvalue weighted by Crippen LogP contribution is -1.75. The Morgan fingerprint density at radius 1 is 1.14 bits per heavy atom. The minimum absolute atomic E-state index is 0.675. The number of benzene rings is 1. The molecule has 0 spiro atoms. The van der Waals surface area contributed by atoms with Crippen molar-refractivity contribution < 1.29 is 4.42 Å². The number of aryl methyl sites for hydroxylation is 1. The topological polar surface area (TPSA) is 36.9 Å². The SMILES string of the molecule is Cc1cc(-c2ccc(C#N)cc2)co1. The van der Waals surface area contributed by atoms with Gasteiger partial charge < -0.3 is 4.42 Å². The van der Waals surface area contributed by atoms with Crippen LogP contribution in [-0.4, -0.2) is 0 Å². The zero-order valence-electron chi connectivity index (χ0n) is 7.82. The van der Waals surface area contributed by atoms with Gasteiger partial charge >= 0.3 is 0 Å². The van der Waals surface area contributed by atoms with Crippen molar-refractivity contribution >= 4 is 0 Å². The molecule has 2 aromatic rings. The molecule has 68 valence electrons. The van der Waals surface area contributed by atoms with Crippen LogP contribution in [0.5, 0.6) is 0 Å². The molecule has 0 unspecified atom stereocenters. The Labute approximate surface area is 82.4 Å². The van der Waals surface area contributed by atoms with Crippen LogP contribution in [0.1, 0.15) is 11.3 Å². The average Bonchev–Trinajstić information content (AvgIpc) is 2.65. The van der Waals surface area contributed by atoms with Gasteiger partial charge in [0, 0.05) is 5.56 Å². The van der Waals surface area contributed by atoms with E-state index in [2.05, 4.69) is 6.07 Å². The van der Waals surface area contributed by atoms with Gasteiger partial charge in [-0.15, -0.1) is 0 Å². The number of nitriles is 1. The van der Waals surface area contributed by atoms with E-state index >= 15 is 0 Å². The summed E-state index contributed by atoms with van der Waals surface area (Å²) in [6.07, 6.45) is 1.72. The van der Waals surface area contributed by atoms with Crippen molar-refractivity contribution in [2.24, 2.45) is 0 Å². The minimum Gasteiger partial charge on any atom is -0.469 e. The smallest absolute Gasteiger partial charge is 0.101 e. The summed E-state index contributed by atoms with van der Waals surface area (Å²) in [6.45, 7) is 1.91. The first-order valence-corrected chi connectivity index (χ1v) is 4.35. The lowest BCUT2D eigenvalue weighted by atomic mass is 10.1. The Balaban J connectivity index is 2.39. The van der Waals surface area contributed by atoms with Gasteiger partial charge in [-0.25, -0.2) is 0 Å². The molecule has 0 amide bonds.